The minimum Gasteiger partial charge on any atom is -0.444 e. The van der Waals surface area contributed by atoms with Crippen LogP contribution in [0.2, 0.25) is 10.0 Å². The molecule has 3 aromatic rings. The highest BCUT2D eigenvalue weighted by atomic mass is 35.5. The molecule has 1 aliphatic heterocycles. The molecule has 0 aliphatic carbocycles. The molecule has 1 amide bonds. The molecule has 1 fully saturated rings. The predicted molar refractivity (Wildman–Crippen MR) is 165 cm³/mol. The summed E-state index contributed by atoms with van der Waals surface area (Å²) in [6.07, 6.45) is 2.70. The third-order valence-corrected chi connectivity index (χ3v) is 8.37. The molecule has 2 heterocycles. The number of amides is 1. The Labute approximate surface area is 245 Å². The summed E-state index contributed by atoms with van der Waals surface area (Å²) in [5.74, 6) is 0.726. The lowest BCUT2D eigenvalue weighted by molar-refractivity contribution is 0.0497. The van der Waals surface area contributed by atoms with E-state index in [0.29, 0.717) is 32.8 Å². The van der Waals surface area contributed by atoms with Crippen LogP contribution in [0, 0.1) is 0 Å². The van der Waals surface area contributed by atoms with Gasteiger partial charge in [-0.15, -0.1) is 0 Å². The van der Waals surface area contributed by atoms with Gasteiger partial charge in [-0.2, -0.15) is 4.98 Å². The lowest BCUT2D eigenvalue weighted by Gasteiger charge is -2.34. The van der Waals surface area contributed by atoms with Crippen LogP contribution in [0.25, 0.3) is 0 Å². The smallest absolute Gasteiger partial charge is 0.407 e. The lowest BCUT2D eigenvalue weighted by atomic mass is 10.0. The van der Waals surface area contributed by atoms with E-state index in [0.717, 1.165) is 37.3 Å². The Hall–Kier alpha value is -3.00. The summed E-state index contributed by atoms with van der Waals surface area (Å²) < 4.78 is 18.1. The van der Waals surface area contributed by atoms with Gasteiger partial charge in [0, 0.05) is 30.1 Å². The molecule has 40 heavy (non-hydrogen) atoms. The van der Waals surface area contributed by atoms with E-state index in [-0.39, 0.29) is 12.1 Å². The van der Waals surface area contributed by atoms with E-state index in [2.05, 4.69) is 30.8 Å². The first-order valence-corrected chi connectivity index (χ1v) is 16.4. The van der Waals surface area contributed by atoms with Crippen LogP contribution in [-0.4, -0.2) is 54.1 Å². The first-order chi connectivity index (χ1) is 18.8. The molecule has 1 aliphatic rings. The van der Waals surface area contributed by atoms with Gasteiger partial charge in [-0.3, -0.25) is 0 Å². The van der Waals surface area contributed by atoms with Crippen LogP contribution in [0.5, 0.6) is 0 Å². The average molecular weight is 606 g/mol. The van der Waals surface area contributed by atoms with E-state index in [1.807, 2.05) is 63.2 Å². The van der Waals surface area contributed by atoms with Crippen LogP contribution in [0.15, 0.2) is 48.7 Å². The maximum absolute atomic E-state index is 12.7. The topological polar surface area (TPSA) is 108 Å². The molecule has 0 unspecified atom stereocenters. The quantitative estimate of drug-likeness (QED) is 0.247. The highest BCUT2D eigenvalue weighted by Crippen LogP contribution is 2.39. The second-order valence-electron chi connectivity index (χ2n) is 11.1. The summed E-state index contributed by atoms with van der Waals surface area (Å²) in [5, 5.41) is 11.0. The third kappa shape index (κ3) is 8.03. The summed E-state index contributed by atoms with van der Waals surface area (Å²) in [6, 6.07) is 13.1. The lowest BCUT2D eigenvalue weighted by Crippen LogP contribution is -2.46. The van der Waals surface area contributed by atoms with Crippen molar-refractivity contribution in [2.45, 2.75) is 45.3 Å². The van der Waals surface area contributed by atoms with Crippen molar-refractivity contribution in [3.63, 3.8) is 0 Å². The molecule has 3 N–H and O–H groups in total. The van der Waals surface area contributed by atoms with Crippen molar-refractivity contribution in [3.05, 3.63) is 58.7 Å². The highest BCUT2D eigenvalue weighted by molar-refractivity contribution is 7.70. The number of rotatable bonds is 7. The number of carbonyl (C=O) groups excluding carboxylic acids is 1. The van der Waals surface area contributed by atoms with Crippen LogP contribution in [0.4, 0.5) is 33.6 Å². The molecule has 9 nitrogen and oxygen atoms in total. The van der Waals surface area contributed by atoms with Crippen molar-refractivity contribution >= 4 is 70.6 Å². The van der Waals surface area contributed by atoms with Crippen molar-refractivity contribution in [1.29, 1.82) is 0 Å². The molecule has 1 aromatic heterocycles. The van der Waals surface area contributed by atoms with E-state index in [1.165, 1.54) is 6.20 Å². The number of hydrogen-bond acceptors (Lipinski definition) is 8. The number of piperidine rings is 1. The minimum atomic E-state index is -2.52. The summed E-state index contributed by atoms with van der Waals surface area (Å²) in [6.45, 7) is 10.5. The normalized spacial score (nSPS) is 14.5. The fraction of sp³-hybridized carbons (Fsp3) is 0.393. The van der Waals surface area contributed by atoms with E-state index in [1.54, 1.807) is 13.3 Å². The van der Waals surface area contributed by atoms with Crippen LogP contribution >= 0.6 is 30.3 Å². The maximum Gasteiger partial charge on any atom is 0.407 e. The molecule has 12 heteroatoms. The van der Waals surface area contributed by atoms with Gasteiger partial charge in [-0.25, -0.2) is 9.78 Å². The summed E-state index contributed by atoms with van der Waals surface area (Å²) in [4.78, 5) is 23.1. The molecule has 0 bridgehead atoms. The number of para-hydroxylation sites is 1. The van der Waals surface area contributed by atoms with Crippen molar-refractivity contribution in [1.82, 2.24) is 15.3 Å². The number of benzene rings is 2. The van der Waals surface area contributed by atoms with Gasteiger partial charge in [0.1, 0.15) is 17.8 Å². The molecule has 0 saturated carbocycles. The molecule has 2 aromatic carbocycles. The Bertz CT molecular complexity index is 1420. The number of nitrogens with zero attached hydrogens (tertiary/aromatic N) is 3. The second kappa shape index (κ2) is 12.2. The predicted octanol–water partition coefficient (Wildman–Crippen LogP) is 7.01. The van der Waals surface area contributed by atoms with E-state index in [4.69, 9.17) is 27.9 Å². The number of ether oxygens (including phenoxy) is 1. The summed E-state index contributed by atoms with van der Waals surface area (Å²) >= 11 is 13.0. The number of nitrogens with one attached hydrogen (secondary N) is 3. The van der Waals surface area contributed by atoms with Gasteiger partial charge in [-0.1, -0.05) is 35.3 Å². The van der Waals surface area contributed by atoms with Gasteiger partial charge in [-0.05, 0) is 77.3 Å². The summed E-state index contributed by atoms with van der Waals surface area (Å²) in [7, 11) is -2.52. The number of aromatic nitrogens is 2. The Morgan fingerprint density at radius 3 is 2.40 bits per heavy atom. The van der Waals surface area contributed by atoms with E-state index < -0.39 is 12.7 Å². The number of anilines is 5. The van der Waals surface area contributed by atoms with Gasteiger partial charge in [0.15, 0.2) is 5.82 Å². The van der Waals surface area contributed by atoms with Gasteiger partial charge in [0.05, 0.1) is 22.6 Å². The molecule has 4 rings (SSSR count). The van der Waals surface area contributed by atoms with Crippen LogP contribution in [0.3, 0.4) is 0 Å². The van der Waals surface area contributed by atoms with Crippen LogP contribution < -0.4 is 26.2 Å². The minimum absolute atomic E-state index is 0.0595. The van der Waals surface area contributed by atoms with E-state index in [9.17, 15) is 9.36 Å². The van der Waals surface area contributed by atoms with Gasteiger partial charge >= 0.3 is 6.09 Å². The highest BCUT2D eigenvalue weighted by Gasteiger charge is 2.25. The van der Waals surface area contributed by atoms with Crippen molar-refractivity contribution in [2.75, 3.05) is 42.0 Å². The van der Waals surface area contributed by atoms with Crippen molar-refractivity contribution in [3.8, 4) is 0 Å². The van der Waals surface area contributed by atoms with Crippen LogP contribution in [0.1, 0.15) is 33.6 Å². The number of carbonyl (C=O) groups is 1. The zero-order valence-corrected chi connectivity index (χ0v) is 25.7. The Morgan fingerprint density at radius 2 is 1.75 bits per heavy atom. The van der Waals surface area contributed by atoms with E-state index >= 15 is 0 Å². The monoisotopic (exact) mass is 604 g/mol. The molecule has 1 saturated heterocycles. The first-order valence-electron chi connectivity index (χ1n) is 13.0. The Morgan fingerprint density at radius 1 is 1.05 bits per heavy atom. The van der Waals surface area contributed by atoms with Crippen molar-refractivity contribution < 1.29 is 14.1 Å². The number of alkyl carbamates (subject to hydrolysis) is 1. The third-order valence-electron chi connectivity index (χ3n) is 6.24. The first kappa shape index (κ1) is 30.0. The zero-order chi connectivity index (χ0) is 29.1. The molecule has 214 valence electrons. The Kier molecular flexibility index (Phi) is 9.18. The number of halogens is 2. The molecular formula is C28H35Cl2N6O3P. The van der Waals surface area contributed by atoms with Crippen molar-refractivity contribution in [2.24, 2.45) is 0 Å². The molecule has 0 radical (unpaired) electrons. The largest absolute Gasteiger partial charge is 0.444 e. The van der Waals surface area contributed by atoms with Gasteiger partial charge in [0.25, 0.3) is 0 Å². The number of hydrogen-bond donors (Lipinski definition) is 3. The van der Waals surface area contributed by atoms with Gasteiger partial charge in [0.2, 0.25) is 5.95 Å². The SMILES string of the molecule is CC(C)(C)OC(=O)NC1CCN(c2ccc(Nc3ncc(Cl)c(Nc4ccccc4P(C)(C)=O)n3)cc2Cl)CC1. The Balaban J connectivity index is 1.40. The molecule has 0 spiro atoms. The van der Waals surface area contributed by atoms with Gasteiger partial charge < -0.3 is 30.2 Å². The average Bonchev–Trinajstić information content (AvgIpc) is 2.85. The second-order valence-corrected chi connectivity index (χ2v) is 15.1. The fourth-order valence-corrected chi connectivity index (χ4v) is 5.99. The summed E-state index contributed by atoms with van der Waals surface area (Å²) in [5.41, 5.74) is 1.79. The fourth-order valence-electron chi connectivity index (χ4n) is 4.40. The maximum atomic E-state index is 12.7. The molecule has 0 atom stereocenters. The van der Waals surface area contributed by atoms with Crippen LogP contribution in [-0.2, 0) is 9.30 Å². The standard InChI is InChI=1S/C28H35Cl2N6O3P/c1-28(2,3)39-27(37)33-18-12-14-36(15-13-18)23-11-10-19(16-20(23)29)32-26-31-17-21(30)25(35-26)34-22-8-6-7-9-24(22)40(4,5)38/h6-11,16-18H,12-15H2,1-5H3,(H,33,37)(H2,31,32,34,35). The zero-order valence-electron chi connectivity index (χ0n) is 23.3. The molecular weight excluding hydrogens is 570 g/mol.